The van der Waals surface area contributed by atoms with Crippen LogP contribution in [0.15, 0.2) is 42.6 Å². The molecule has 3 rings (SSSR count). The second kappa shape index (κ2) is 7.17. The molecule has 1 aliphatic heterocycles. The van der Waals surface area contributed by atoms with Crippen molar-refractivity contribution in [1.82, 2.24) is 19.9 Å². The molecule has 0 radical (unpaired) electrons. The van der Waals surface area contributed by atoms with Crippen LogP contribution < -0.4 is 21.7 Å². The molecule has 2 aromatic heterocycles. The van der Waals surface area contributed by atoms with Gasteiger partial charge < -0.3 is 21.7 Å². The van der Waals surface area contributed by atoms with Crippen LogP contribution in [0.5, 0.6) is 0 Å². The van der Waals surface area contributed by atoms with Crippen molar-refractivity contribution in [3.05, 3.63) is 48.2 Å². The fourth-order valence-corrected chi connectivity index (χ4v) is 2.83. The van der Waals surface area contributed by atoms with Crippen LogP contribution in [0.3, 0.4) is 0 Å². The predicted molar refractivity (Wildman–Crippen MR) is 92.4 cm³/mol. The van der Waals surface area contributed by atoms with Gasteiger partial charge in [-0.3, -0.25) is 4.79 Å². The number of nitrogens with one attached hydrogen (secondary N) is 1. The Hall–Kier alpha value is -3.24. The molecule has 1 aliphatic rings. The summed E-state index contributed by atoms with van der Waals surface area (Å²) in [7, 11) is 0. The van der Waals surface area contributed by atoms with Crippen molar-refractivity contribution in [2.45, 2.75) is 12.6 Å². The van der Waals surface area contributed by atoms with Gasteiger partial charge in [-0.15, -0.1) is 0 Å². The second-order valence-corrected chi connectivity index (χ2v) is 6.05. The van der Waals surface area contributed by atoms with Crippen LogP contribution in [0, 0.1) is 5.92 Å². The molecule has 2 aromatic rings. The zero-order valence-corrected chi connectivity index (χ0v) is 14.1. The van der Waals surface area contributed by atoms with Crippen molar-refractivity contribution >= 4 is 17.4 Å². The van der Waals surface area contributed by atoms with Crippen LogP contribution in [0.1, 0.15) is 16.8 Å². The summed E-state index contributed by atoms with van der Waals surface area (Å²) in [4.78, 5) is 18.2. The molecule has 1 saturated heterocycles. The third kappa shape index (κ3) is 3.96. The van der Waals surface area contributed by atoms with E-state index in [1.54, 1.807) is 17.2 Å². The normalized spacial score (nSPS) is 18.6. The van der Waals surface area contributed by atoms with Crippen molar-refractivity contribution in [2.75, 3.05) is 18.0 Å². The number of amides is 1. The number of anilines is 1. The number of nitrogens with zero attached hydrogens (tertiary/aromatic N) is 4. The van der Waals surface area contributed by atoms with Crippen molar-refractivity contribution in [3.8, 4) is 0 Å². The molecule has 0 aromatic carbocycles. The molecule has 8 nitrogen and oxygen atoms in total. The van der Waals surface area contributed by atoms with E-state index in [2.05, 4.69) is 15.4 Å². The number of rotatable bonds is 4. The topological polar surface area (TPSA) is 115 Å². The summed E-state index contributed by atoms with van der Waals surface area (Å²) in [5.41, 5.74) is 11.2. The maximum absolute atomic E-state index is 12.9. The lowest BCUT2D eigenvalue weighted by atomic mass is 10.1. The summed E-state index contributed by atoms with van der Waals surface area (Å²) < 4.78 is 40.0. The minimum Gasteiger partial charge on any atom is -0.405 e. The Bertz CT molecular complexity index is 903. The number of hydrogen-bond donors (Lipinski definition) is 3. The van der Waals surface area contributed by atoms with E-state index in [0.717, 1.165) is 0 Å². The molecule has 27 heavy (non-hydrogen) atoms. The summed E-state index contributed by atoms with van der Waals surface area (Å²) in [6.07, 6.45) is 2.76. The molecular formula is C16H18F3N7O. The number of allylic oxidation sites excluding steroid dienone is 2. The second-order valence-electron chi connectivity index (χ2n) is 6.05. The molecule has 1 amide bonds. The van der Waals surface area contributed by atoms with Gasteiger partial charge in [0.25, 0.3) is 5.91 Å². The molecule has 1 atom stereocenters. The fourth-order valence-electron chi connectivity index (χ4n) is 2.83. The number of carbonyl (C=O) groups excluding carboxylic acids is 1. The fraction of sp³-hybridized carbons (Fsp3) is 0.312. The summed E-state index contributed by atoms with van der Waals surface area (Å²) in [5.74, 6) is -1.49. The molecular weight excluding hydrogens is 363 g/mol. The quantitative estimate of drug-likeness (QED) is 0.684. The van der Waals surface area contributed by atoms with Gasteiger partial charge in [0.15, 0.2) is 5.65 Å². The van der Waals surface area contributed by atoms with Crippen LogP contribution in [-0.4, -0.2) is 39.8 Å². The minimum atomic E-state index is -4.23. The Kier molecular flexibility index (Phi) is 4.93. The maximum Gasteiger partial charge on any atom is 0.393 e. The van der Waals surface area contributed by atoms with Gasteiger partial charge >= 0.3 is 6.18 Å². The highest BCUT2D eigenvalue weighted by Gasteiger charge is 2.43. The van der Waals surface area contributed by atoms with Gasteiger partial charge in [-0.1, -0.05) is 0 Å². The van der Waals surface area contributed by atoms with Gasteiger partial charge in [-0.25, -0.2) is 9.50 Å². The number of aromatic nitrogens is 3. The Balaban J connectivity index is 1.83. The summed E-state index contributed by atoms with van der Waals surface area (Å²) in [6, 6.07) is 1.57. The zero-order chi connectivity index (χ0) is 19.6. The molecule has 0 bridgehead atoms. The highest BCUT2D eigenvalue weighted by Crippen LogP contribution is 2.35. The van der Waals surface area contributed by atoms with E-state index >= 15 is 0 Å². The van der Waals surface area contributed by atoms with Crippen molar-refractivity contribution in [2.24, 2.45) is 17.4 Å². The molecule has 3 heterocycles. The first-order valence-electron chi connectivity index (χ1n) is 8.11. The molecule has 0 spiro atoms. The Morgan fingerprint density at radius 3 is 2.85 bits per heavy atom. The molecule has 1 unspecified atom stereocenters. The molecule has 144 valence electrons. The highest BCUT2D eigenvalue weighted by atomic mass is 19.4. The van der Waals surface area contributed by atoms with E-state index < -0.39 is 18.0 Å². The summed E-state index contributed by atoms with van der Waals surface area (Å²) in [6.45, 7) is 0.0770. The molecule has 11 heteroatoms. The van der Waals surface area contributed by atoms with Crippen molar-refractivity contribution < 1.29 is 18.0 Å². The lowest BCUT2D eigenvalue weighted by Crippen LogP contribution is -2.28. The predicted octanol–water partition coefficient (Wildman–Crippen LogP) is 1.12. The Morgan fingerprint density at radius 1 is 1.41 bits per heavy atom. The van der Waals surface area contributed by atoms with Crippen LogP contribution in [0.25, 0.3) is 5.65 Å². The molecule has 0 aliphatic carbocycles. The third-order valence-electron chi connectivity index (χ3n) is 4.22. The maximum atomic E-state index is 12.9. The van der Waals surface area contributed by atoms with Crippen LogP contribution in [-0.2, 0) is 0 Å². The zero-order valence-electron chi connectivity index (χ0n) is 14.1. The van der Waals surface area contributed by atoms with Gasteiger partial charge in [0.05, 0.1) is 12.1 Å². The number of alkyl halides is 3. The summed E-state index contributed by atoms with van der Waals surface area (Å²) >= 11 is 0. The lowest BCUT2D eigenvalue weighted by Gasteiger charge is -2.18. The number of fused-ring (bicyclic) bond motifs is 1. The smallest absolute Gasteiger partial charge is 0.393 e. The van der Waals surface area contributed by atoms with E-state index in [9.17, 15) is 18.0 Å². The van der Waals surface area contributed by atoms with Crippen molar-refractivity contribution in [1.29, 1.82) is 0 Å². The number of carbonyl (C=O) groups is 1. The van der Waals surface area contributed by atoms with E-state index in [-0.39, 0.29) is 36.5 Å². The van der Waals surface area contributed by atoms with E-state index in [0.29, 0.717) is 5.82 Å². The first-order valence-corrected chi connectivity index (χ1v) is 8.11. The largest absolute Gasteiger partial charge is 0.405 e. The highest BCUT2D eigenvalue weighted by molar-refractivity contribution is 6.00. The molecule has 1 fully saturated rings. The number of hydrogen-bond acceptors (Lipinski definition) is 6. The monoisotopic (exact) mass is 381 g/mol. The van der Waals surface area contributed by atoms with Gasteiger partial charge in [-0.2, -0.15) is 18.3 Å². The Morgan fingerprint density at radius 2 is 2.19 bits per heavy atom. The first kappa shape index (κ1) is 18.5. The third-order valence-corrected chi connectivity index (χ3v) is 4.22. The molecule has 5 N–H and O–H groups in total. The minimum absolute atomic E-state index is 0.0129. The SMILES string of the molecule is N/C=C\C=C(/N)NC(=O)c1cnn2ccc(N3CCC(C(F)(F)F)C3)nc12. The van der Waals surface area contributed by atoms with Gasteiger partial charge in [0.1, 0.15) is 17.2 Å². The Labute approximate surface area is 152 Å². The van der Waals surface area contributed by atoms with Crippen LogP contribution >= 0.6 is 0 Å². The van der Waals surface area contributed by atoms with Crippen LogP contribution in [0.2, 0.25) is 0 Å². The number of nitrogens with two attached hydrogens (primary N) is 2. The standard InChI is InChI=1S/C16H18F3N7O/c17-16(18,19)10-3-6-25(9-10)13-4-7-26-14(24-13)11(8-22-26)15(27)23-12(21)2-1-5-20/h1-2,4-5,7-8,10H,3,6,9,20-21H2,(H,23,27)/b5-1-,12-2+. The van der Waals surface area contributed by atoms with E-state index in [1.165, 1.54) is 29.1 Å². The average Bonchev–Trinajstić information content (AvgIpc) is 3.25. The van der Waals surface area contributed by atoms with Crippen molar-refractivity contribution in [3.63, 3.8) is 0 Å². The number of halogens is 3. The first-order chi connectivity index (χ1) is 12.8. The van der Waals surface area contributed by atoms with Gasteiger partial charge in [0, 0.05) is 19.3 Å². The van der Waals surface area contributed by atoms with Gasteiger partial charge in [-0.05, 0) is 30.8 Å². The van der Waals surface area contributed by atoms with Crippen LogP contribution in [0.4, 0.5) is 19.0 Å². The summed E-state index contributed by atoms with van der Waals surface area (Å²) in [5, 5.41) is 6.49. The molecule has 0 saturated carbocycles. The average molecular weight is 381 g/mol. The lowest BCUT2D eigenvalue weighted by molar-refractivity contribution is -0.168. The van der Waals surface area contributed by atoms with E-state index in [1.807, 2.05) is 0 Å². The van der Waals surface area contributed by atoms with Gasteiger partial charge in [0.2, 0.25) is 0 Å². The van der Waals surface area contributed by atoms with E-state index in [4.69, 9.17) is 11.5 Å².